The Bertz CT molecular complexity index is 730. The maximum Gasteiger partial charge on any atom is 0.228 e. The summed E-state index contributed by atoms with van der Waals surface area (Å²) in [6.07, 6.45) is 1.40. The van der Waals surface area contributed by atoms with E-state index in [0.717, 1.165) is 0 Å². The van der Waals surface area contributed by atoms with Crippen LogP contribution in [0.3, 0.4) is 0 Å². The van der Waals surface area contributed by atoms with Gasteiger partial charge in [0.1, 0.15) is 17.6 Å². The number of anilines is 1. The van der Waals surface area contributed by atoms with E-state index in [4.69, 9.17) is 4.42 Å². The monoisotopic (exact) mass is 318 g/mol. The van der Waals surface area contributed by atoms with Crippen molar-refractivity contribution in [2.24, 2.45) is 0 Å². The van der Waals surface area contributed by atoms with Gasteiger partial charge in [0.25, 0.3) is 0 Å². The number of carbonyl (C=O) groups excluding carboxylic acids is 2. The molecule has 0 saturated heterocycles. The molecule has 2 heterocycles. The van der Waals surface area contributed by atoms with E-state index in [0.29, 0.717) is 17.0 Å². The topological polar surface area (TPSA) is 91.6 Å². The molecule has 23 heavy (non-hydrogen) atoms. The number of fused-ring (bicyclic) bond motifs is 1. The Morgan fingerprint density at radius 2 is 2.30 bits per heavy atom. The van der Waals surface area contributed by atoms with Crippen LogP contribution in [0.15, 0.2) is 41.0 Å². The van der Waals surface area contributed by atoms with Gasteiger partial charge in [-0.15, -0.1) is 0 Å². The number of amides is 2. The van der Waals surface area contributed by atoms with Gasteiger partial charge in [0.05, 0.1) is 18.8 Å². The smallest absolute Gasteiger partial charge is 0.228 e. The second kappa shape index (κ2) is 6.21. The summed E-state index contributed by atoms with van der Waals surface area (Å²) in [7, 11) is 0. The molecule has 2 aromatic rings. The van der Waals surface area contributed by atoms with Gasteiger partial charge in [0.2, 0.25) is 11.8 Å². The number of hydrogen-bond donors (Lipinski definition) is 3. The second-order valence-corrected chi connectivity index (χ2v) is 5.30. The van der Waals surface area contributed by atoms with Gasteiger partial charge >= 0.3 is 0 Å². The number of hydrogen-bond acceptors (Lipinski definition) is 4. The van der Waals surface area contributed by atoms with E-state index < -0.39 is 23.7 Å². The first kappa shape index (κ1) is 15.2. The van der Waals surface area contributed by atoms with Crippen molar-refractivity contribution in [2.75, 3.05) is 11.9 Å². The molecular formula is C16H15FN2O4. The Morgan fingerprint density at radius 1 is 1.48 bits per heavy atom. The molecule has 0 spiro atoms. The third-order valence-corrected chi connectivity index (χ3v) is 3.76. The molecule has 3 N–H and O–H groups in total. The molecule has 120 valence electrons. The van der Waals surface area contributed by atoms with Crippen molar-refractivity contribution >= 4 is 17.5 Å². The number of nitrogens with one attached hydrogen (secondary N) is 2. The molecule has 0 fully saturated rings. The number of rotatable bonds is 4. The van der Waals surface area contributed by atoms with Gasteiger partial charge in [-0.3, -0.25) is 9.59 Å². The number of aliphatic hydroxyl groups is 1. The van der Waals surface area contributed by atoms with Gasteiger partial charge in [0, 0.05) is 12.1 Å². The van der Waals surface area contributed by atoms with Crippen molar-refractivity contribution in [3.8, 4) is 0 Å². The fourth-order valence-corrected chi connectivity index (χ4v) is 2.64. The van der Waals surface area contributed by atoms with E-state index in [1.165, 1.54) is 24.5 Å². The van der Waals surface area contributed by atoms with Crippen molar-refractivity contribution in [1.82, 2.24) is 5.32 Å². The molecule has 0 saturated carbocycles. The Morgan fingerprint density at radius 3 is 3.00 bits per heavy atom. The number of aliphatic hydroxyl groups excluding tert-OH is 1. The van der Waals surface area contributed by atoms with Crippen LogP contribution in [0, 0.1) is 5.82 Å². The van der Waals surface area contributed by atoms with Crippen molar-refractivity contribution < 1.29 is 23.5 Å². The third kappa shape index (κ3) is 3.09. The van der Waals surface area contributed by atoms with Gasteiger partial charge < -0.3 is 20.2 Å². The average Bonchev–Trinajstić information content (AvgIpc) is 3.05. The van der Waals surface area contributed by atoms with Crippen LogP contribution in [0.5, 0.6) is 0 Å². The van der Waals surface area contributed by atoms with E-state index >= 15 is 0 Å². The molecule has 2 atom stereocenters. The molecule has 1 aromatic carbocycles. The lowest BCUT2D eigenvalue weighted by Crippen LogP contribution is -2.38. The van der Waals surface area contributed by atoms with Gasteiger partial charge in [-0.2, -0.15) is 0 Å². The molecule has 2 unspecified atom stereocenters. The van der Waals surface area contributed by atoms with Crippen LogP contribution >= 0.6 is 0 Å². The summed E-state index contributed by atoms with van der Waals surface area (Å²) >= 11 is 0. The van der Waals surface area contributed by atoms with Crippen LogP contribution in [0.1, 0.15) is 29.7 Å². The van der Waals surface area contributed by atoms with Crippen LogP contribution in [0.25, 0.3) is 0 Å². The van der Waals surface area contributed by atoms with E-state index in [2.05, 4.69) is 10.6 Å². The SMILES string of the molecule is O=C1CC(C(=O)NC(CO)c2ccco2)c2ccc(F)cc2N1. The predicted molar refractivity (Wildman–Crippen MR) is 79.1 cm³/mol. The van der Waals surface area contributed by atoms with Crippen molar-refractivity contribution in [3.05, 3.63) is 53.7 Å². The van der Waals surface area contributed by atoms with Crippen LogP contribution in [0.2, 0.25) is 0 Å². The molecule has 1 aliphatic rings. The first-order valence-corrected chi connectivity index (χ1v) is 7.12. The summed E-state index contributed by atoms with van der Waals surface area (Å²) < 4.78 is 18.5. The van der Waals surface area contributed by atoms with Gasteiger partial charge in [0.15, 0.2) is 0 Å². The fourth-order valence-electron chi connectivity index (χ4n) is 2.64. The lowest BCUT2D eigenvalue weighted by atomic mass is 9.89. The molecule has 0 bridgehead atoms. The Balaban J connectivity index is 1.84. The summed E-state index contributed by atoms with van der Waals surface area (Å²) in [6, 6.07) is 6.49. The number of furan rings is 1. The van der Waals surface area contributed by atoms with Crippen molar-refractivity contribution in [1.29, 1.82) is 0 Å². The fraction of sp³-hybridized carbons (Fsp3) is 0.250. The van der Waals surface area contributed by atoms with Gasteiger partial charge in [-0.25, -0.2) is 4.39 Å². The third-order valence-electron chi connectivity index (χ3n) is 3.76. The second-order valence-electron chi connectivity index (χ2n) is 5.30. The minimum absolute atomic E-state index is 0.0409. The Labute approximate surface area is 131 Å². The van der Waals surface area contributed by atoms with E-state index in [1.54, 1.807) is 12.1 Å². The summed E-state index contributed by atoms with van der Waals surface area (Å²) in [5, 5.41) is 14.6. The van der Waals surface area contributed by atoms with Gasteiger partial charge in [-0.05, 0) is 29.8 Å². The quantitative estimate of drug-likeness (QED) is 0.800. The number of carbonyl (C=O) groups is 2. The normalized spacial score (nSPS) is 18.0. The van der Waals surface area contributed by atoms with E-state index in [1.807, 2.05) is 0 Å². The largest absolute Gasteiger partial charge is 0.467 e. The molecule has 0 radical (unpaired) electrons. The summed E-state index contributed by atoms with van der Waals surface area (Å²) in [6.45, 7) is -0.339. The van der Waals surface area contributed by atoms with Crippen molar-refractivity contribution in [2.45, 2.75) is 18.4 Å². The van der Waals surface area contributed by atoms with E-state index in [-0.39, 0.29) is 18.9 Å². The summed E-state index contributed by atoms with van der Waals surface area (Å²) in [5.41, 5.74) is 0.833. The van der Waals surface area contributed by atoms with Crippen LogP contribution in [-0.4, -0.2) is 23.5 Å². The minimum Gasteiger partial charge on any atom is -0.467 e. The van der Waals surface area contributed by atoms with Crippen LogP contribution in [0.4, 0.5) is 10.1 Å². The first-order valence-electron chi connectivity index (χ1n) is 7.12. The molecule has 0 aliphatic carbocycles. The highest BCUT2D eigenvalue weighted by atomic mass is 19.1. The highest BCUT2D eigenvalue weighted by molar-refractivity contribution is 6.01. The maximum absolute atomic E-state index is 13.3. The standard InChI is InChI=1S/C16H15FN2O4/c17-9-3-4-10-11(7-15(21)18-12(10)6-9)16(22)19-13(8-20)14-2-1-5-23-14/h1-6,11,13,20H,7-8H2,(H,18,21)(H,19,22). The summed E-state index contributed by atoms with van der Waals surface area (Å²) in [4.78, 5) is 24.3. The number of benzene rings is 1. The average molecular weight is 318 g/mol. The lowest BCUT2D eigenvalue weighted by Gasteiger charge is -2.26. The molecular weight excluding hydrogens is 303 g/mol. The van der Waals surface area contributed by atoms with Crippen LogP contribution < -0.4 is 10.6 Å². The van der Waals surface area contributed by atoms with Crippen molar-refractivity contribution in [3.63, 3.8) is 0 Å². The highest BCUT2D eigenvalue weighted by Crippen LogP contribution is 2.33. The molecule has 6 nitrogen and oxygen atoms in total. The minimum atomic E-state index is -0.747. The van der Waals surface area contributed by atoms with E-state index in [9.17, 15) is 19.1 Å². The predicted octanol–water partition coefficient (Wildman–Crippen LogP) is 1.69. The first-order chi connectivity index (χ1) is 11.1. The zero-order chi connectivity index (χ0) is 16.4. The summed E-state index contributed by atoms with van der Waals surface area (Å²) in [5.74, 6) is -1.61. The van der Waals surface area contributed by atoms with Gasteiger partial charge in [-0.1, -0.05) is 6.07 Å². The molecule has 1 aromatic heterocycles. The molecule has 1 aliphatic heterocycles. The molecule has 3 rings (SSSR count). The lowest BCUT2D eigenvalue weighted by molar-refractivity contribution is -0.127. The molecule has 7 heteroatoms. The Kier molecular flexibility index (Phi) is 4.12. The van der Waals surface area contributed by atoms with Crippen LogP contribution in [-0.2, 0) is 9.59 Å². The zero-order valence-corrected chi connectivity index (χ0v) is 12.1. The zero-order valence-electron chi connectivity index (χ0n) is 12.1. The number of halogens is 1. The molecule has 2 amide bonds. The Hall–Kier alpha value is -2.67. The maximum atomic E-state index is 13.3. The highest BCUT2D eigenvalue weighted by Gasteiger charge is 2.32.